The van der Waals surface area contributed by atoms with Crippen LogP contribution in [0.2, 0.25) is 0 Å². The molecule has 0 spiro atoms. The smallest absolute Gasteiger partial charge is 0.462 e. The summed E-state index contributed by atoms with van der Waals surface area (Å²) in [5.74, 6) is 0.966. The molecule has 0 aromatic carbocycles. The normalized spacial score (nSPS) is 14.0. The van der Waals surface area contributed by atoms with Gasteiger partial charge in [0.15, 0.2) is 12.2 Å². The van der Waals surface area contributed by atoms with Gasteiger partial charge in [-0.15, -0.1) is 0 Å². The van der Waals surface area contributed by atoms with Gasteiger partial charge in [-0.3, -0.25) is 37.3 Å². The summed E-state index contributed by atoms with van der Waals surface area (Å²) in [7, 11) is -9.92. The molecule has 0 saturated heterocycles. The highest BCUT2D eigenvalue weighted by Crippen LogP contribution is 2.45. The molecule has 5 atom stereocenters. The van der Waals surface area contributed by atoms with E-state index in [1.54, 1.807) is 0 Å². The number of rotatable bonds is 78. The lowest BCUT2D eigenvalue weighted by atomic mass is 10.0. The Morgan fingerprint density at radius 1 is 0.250 bits per heavy atom. The number of unbranched alkanes of at least 4 members (excludes halogenated alkanes) is 44. The van der Waals surface area contributed by atoms with Gasteiger partial charge in [0.2, 0.25) is 0 Å². The number of esters is 4. The van der Waals surface area contributed by atoms with Crippen LogP contribution in [-0.4, -0.2) is 96.7 Å². The molecule has 0 fully saturated rings. The van der Waals surface area contributed by atoms with Crippen LogP contribution in [0.4, 0.5) is 0 Å². The standard InChI is InChI=1S/C81H158O17P2/c1-71(2)57-49-41-33-26-20-15-11-9-10-12-17-23-30-38-47-55-63-81(86)98-77(68-92-79(84)62-54-46-40-32-36-44-52-60-74(7)8)70-96-100(89,90)94-66-75(82)65-93-99(87,88)95-69-76(67-91-78(83)61-53-45-37-29-25-19-22-28-35-43-51-59-73(5)6)97-80(85)64-56-48-39-31-24-18-14-13-16-21-27-34-42-50-58-72(3)4/h71-77,82H,9-70H2,1-8H3,(H,87,88)(H,89,90)/t75?,76-,77-/m1/s1. The third-order valence-corrected chi connectivity index (χ3v) is 20.7. The topological polar surface area (TPSA) is 237 Å². The zero-order chi connectivity index (χ0) is 73.8. The van der Waals surface area contributed by atoms with E-state index in [2.05, 4.69) is 55.4 Å². The molecule has 0 aliphatic rings. The van der Waals surface area contributed by atoms with Crippen LogP contribution in [0.1, 0.15) is 415 Å². The lowest BCUT2D eigenvalue weighted by molar-refractivity contribution is -0.161. The van der Waals surface area contributed by atoms with E-state index in [1.165, 1.54) is 212 Å². The van der Waals surface area contributed by atoms with E-state index in [4.69, 9.17) is 37.0 Å². The molecular weight excluding hydrogens is 1310 g/mol. The van der Waals surface area contributed by atoms with E-state index in [9.17, 15) is 43.2 Å². The van der Waals surface area contributed by atoms with Crippen LogP contribution in [0.5, 0.6) is 0 Å². The predicted molar refractivity (Wildman–Crippen MR) is 409 cm³/mol. The number of aliphatic hydroxyl groups excluding tert-OH is 1. The first kappa shape index (κ1) is 98.1. The molecule has 0 aromatic rings. The van der Waals surface area contributed by atoms with Crippen LogP contribution < -0.4 is 0 Å². The summed E-state index contributed by atoms with van der Waals surface area (Å²) in [5, 5.41) is 10.6. The minimum absolute atomic E-state index is 0.107. The fourth-order valence-electron chi connectivity index (χ4n) is 12.4. The van der Waals surface area contributed by atoms with Crippen molar-refractivity contribution in [3.63, 3.8) is 0 Å². The van der Waals surface area contributed by atoms with E-state index >= 15 is 0 Å². The number of hydrogen-bond acceptors (Lipinski definition) is 15. The lowest BCUT2D eigenvalue weighted by Gasteiger charge is -2.21. The fraction of sp³-hybridized carbons (Fsp3) is 0.951. The molecular formula is C81H158O17P2. The van der Waals surface area contributed by atoms with E-state index in [-0.39, 0.29) is 25.7 Å². The second-order valence-corrected chi connectivity index (χ2v) is 34.0. The predicted octanol–water partition coefficient (Wildman–Crippen LogP) is 24.0. The van der Waals surface area contributed by atoms with Crippen LogP contribution in [0.15, 0.2) is 0 Å². The van der Waals surface area contributed by atoms with Crippen LogP contribution in [0.25, 0.3) is 0 Å². The van der Waals surface area contributed by atoms with E-state index in [0.717, 1.165) is 114 Å². The van der Waals surface area contributed by atoms with Crippen molar-refractivity contribution in [2.45, 2.75) is 433 Å². The second-order valence-electron chi connectivity index (χ2n) is 31.1. The van der Waals surface area contributed by atoms with Crippen molar-refractivity contribution in [1.29, 1.82) is 0 Å². The Hall–Kier alpha value is -1.94. The van der Waals surface area contributed by atoms with Gasteiger partial charge >= 0.3 is 39.5 Å². The van der Waals surface area contributed by atoms with Gasteiger partial charge in [-0.05, 0) is 49.4 Å². The van der Waals surface area contributed by atoms with Crippen molar-refractivity contribution >= 4 is 39.5 Å². The Bertz CT molecular complexity index is 1950. The summed E-state index contributed by atoms with van der Waals surface area (Å²) in [6.45, 7) is 14.2. The highest BCUT2D eigenvalue weighted by atomic mass is 31.2. The average Bonchev–Trinajstić information content (AvgIpc) is 0.947. The van der Waals surface area contributed by atoms with Gasteiger partial charge in [-0.25, -0.2) is 9.13 Å². The number of phosphoric acid groups is 2. The Morgan fingerprint density at radius 3 is 0.620 bits per heavy atom. The molecule has 0 aliphatic heterocycles. The molecule has 0 saturated carbocycles. The van der Waals surface area contributed by atoms with Gasteiger partial charge in [0.25, 0.3) is 0 Å². The summed E-state index contributed by atoms with van der Waals surface area (Å²) in [6, 6.07) is 0. The Labute approximate surface area is 613 Å². The maximum atomic E-state index is 13.1. The minimum atomic E-state index is -4.96. The number of phosphoric ester groups is 2. The van der Waals surface area contributed by atoms with E-state index in [0.29, 0.717) is 31.6 Å². The van der Waals surface area contributed by atoms with Gasteiger partial charge in [-0.2, -0.15) is 0 Å². The molecule has 0 radical (unpaired) electrons. The Kier molecular flexibility index (Phi) is 68.7. The van der Waals surface area contributed by atoms with Gasteiger partial charge in [0.1, 0.15) is 19.3 Å². The van der Waals surface area contributed by atoms with Crippen molar-refractivity contribution in [3.05, 3.63) is 0 Å². The monoisotopic (exact) mass is 1470 g/mol. The zero-order valence-corrected chi connectivity index (χ0v) is 67.6. The molecule has 3 N–H and O–H groups in total. The molecule has 0 rings (SSSR count). The second kappa shape index (κ2) is 70.1. The maximum Gasteiger partial charge on any atom is 0.472 e. The number of ether oxygens (including phenoxy) is 4. The molecule has 17 nitrogen and oxygen atoms in total. The summed E-state index contributed by atoms with van der Waals surface area (Å²) in [5.41, 5.74) is 0. The number of hydrogen-bond donors (Lipinski definition) is 3. The van der Waals surface area contributed by atoms with Gasteiger partial charge in [0, 0.05) is 25.7 Å². The molecule has 0 bridgehead atoms. The molecule has 100 heavy (non-hydrogen) atoms. The number of carbonyl (C=O) groups is 4. The summed E-state index contributed by atoms with van der Waals surface area (Å²) < 4.78 is 68.7. The van der Waals surface area contributed by atoms with Crippen molar-refractivity contribution in [2.75, 3.05) is 39.6 Å². The van der Waals surface area contributed by atoms with Crippen LogP contribution in [0.3, 0.4) is 0 Å². The van der Waals surface area contributed by atoms with Crippen LogP contribution >= 0.6 is 15.6 Å². The highest BCUT2D eigenvalue weighted by Gasteiger charge is 2.30. The van der Waals surface area contributed by atoms with Crippen LogP contribution in [0, 0.1) is 23.7 Å². The highest BCUT2D eigenvalue weighted by molar-refractivity contribution is 7.47. The van der Waals surface area contributed by atoms with Crippen molar-refractivity contribution in [1.82, 2.24) is 0 Å². The van der Waals surface area contributed by atoms with Crippen molar-refractivity contribution < 1.29 is 80.2 Å². The van der Waals surface area contributed by atoms with Gasteiger partial charge in [0.05, 0.1) is 26.4 Å². The molecule has 3 unspecified atom stereocenters. The molecule has 19 heteroatoms. The third-order valence-electron chi connectivity index (χ3n) is 18.8. The molecule has 0 amide bonds. The molecule has 0 heterocycles. The van der Waals surface area contributed by atoms with Crippen LogP contribution in [-0.2, 0) is 65.4 Å². The Morgan fingerprint density at radius 2 is 0.420 bits per heavy atom. The van der Waals surface area contributed by atoms with Crippen molar-refractivity contribution in [2.24, 2.45) is 23.7 Å². The lowest BCUT2D eigenvalue weighted by Crippen LogP contribution is -2.30. The number of carbonyl (C=O) groups excluding carboxylic acids is 4. The van der Waals surface area contributed by atoms with Crippen molar-refractivity contribution in [3.8, 4) is 0 Å². The summed E-state index contributed by atoms with van der Waals surface area (Å²) in [4.78, 5) is 73.0. The van der Waals surface area contributed by atoms with Gasteiger partial charge in [-0.1, -0.05) is 364 Å². The average molecular weight is 1470 g/mol. The van der Waals surface area contributed by atoms with Gasteiger partial charge < -0.3 is 33.8 Å². The molecule has 0 aliphatic carbocycles. The minimum Gasteiger partial charge on any atom is -0.462 e. The SMILES string of the molecule is CC(C)CCCCCCCCCCCCCCCCCCC(=O)O[C@H](COC(=O)CCCCCCCCCC(C)C)COP(=O)(O)OCC(O)COP(=O)(O)OC[C@@H](COC(=O)CCCCCCCCCCCCCC(C)C)OC(=O)CCCCCCCCCCCCCCCCC(C)C. The molecule has 0 aromatic heterocycles. The largest absolute Gasteiger partial charge is 0.472 e. The Balaban J connectivity index is 5.23. The first-order valence-corrected chi connectivity index (χ1v) is 44.7. The summed E-state index contributed by atoms with van der Waals surface area (Å²) in [6.07, 6.45) is 56.9. The first-order valence-electron chi connectivity index (χ1n) is 41.7. The zero-order valence-electron chi connectivity index (χ0n) is 65.8. The van der Waals surface area contributed by atoms with E-state index in [1.807, 2.05) is 0 Å². The summed E-state index contributed by atoms with van der Waals surface area (Å²) >= 11 is 0. The molecule has 594 valence electrons. The first-order chi connectivity index (χ1) is 48.1. The third kappa shape index (κ3) is 74.3. The van der Waals surface area contributed by atoms with E-state index < -0.39 is 97.5 Å². The maximum absolute atomic E-state index is 13.1. The number of aliphatic hydroxyl groups is 1. The quantitative estimate of drug-likeness (QED) is 0.0222. The fourth-order valence-corrected chi connectivity index (χ4v) is 14.0.